The summed E-state index contributed by atoms with van der Waals surface area (Å²) in [6, 6.07) is 0.666. The molecule has 1 aliphatic rings. The molecule has 0 radical (unpaired) electrons. The Hall–Kier alpha value is -0.0800. The molecule has 1 unspecified atom stereocenters. The van der Waals surface area contributed by atoms with Gasteiger partial charge >= 0.3 is 0 Å². The molecule has 0 aromatic heterocycles. The van der Waals surface area contributed by atoms with Gasteiger partial charge in [0.05, 0.1) is 0 Å². The predicted molar refractivity (Wildman–Crippen MR) is 67.1 cm³/mol. The van der Waals surface area contributed by atoms with Crippen molar-refractivity contribution in [2.45, 2.75) is 46.6 Å². The molecular weight excluding hydrogens is 184 g/mol. The Balaban J connectivity index is 2.29. The molecule has 0 saturated heterocycles. The van der Waals surface area contributed by atoms with Crippen LogP contribution in [0.1, 0.15) is 40.5 Å². The Labute approximate surface area is 95.4 Å². The third kappa shape index (κ3) is 4.12. The van der Waals surface area contributed by atoms with Crippen LogP contribution in [0.25, 0.3) is 0 Å². The topological polar surface area (TPSA) is 15.3 Å². The Morgan fingerprint density at radius 1 is 1.33 bits per heavy atom. The molecule has 0 amide bonds. The van der Waals surface area contributed by atoms with E-state index >= 15 is 0 Å². The van der Waals surface area contributed by atoms with Crippen molar-refractivity contribution >= 4 is 0 Å². The number of nitrogens with zero attached hydrogens (tertiary/aromatic N) is 1. The van der Waals surface area contributed by atoms with Gasteiger partial charge in [-0.2, -0.15) is 0 Å². The van der Waals surface area contributed by atoms with Crippen molar-refractivity contribution < 1.29 is 0 Å². The number of hydrogen-bond acceptors (Lipinski definition) is 2. The van der Waals surface area contributed by atoms with Crippen molar-refractivity contribution in [3.63, 3.8) is 0 Å². The van der Waals surface area contributed by atoms with Gasteiger partial charge in [-0.25, -0.2) is 0 Å². The minimum atomic E-state index is 0.364. The molecule has 2 heteroatoms. The summed E-state index contributed by atoms with van der Waals surface area (Å²) in [5.74, 6) is 0. The van der Waals surface area contributed by atoms with Crippen molar-refractivity contribution in [2.75, 3.05) is 27.2 Å². The van der Waals surface area contributed by atoms with Gasteiger partial charge < -0.3 is 10.2 Å². The quantitative estimate of drug-likeness (QED) is 0.727. The van der Waals surface area contributed by atoms with Crippen molar-refractivity contribution in [1.29, 1.82) is 0 Å². The fourth-order valence-corrected chi connectivity index (χ4v) is 2.22. The van der Waals surface area contributed by atoms with Gasteiger partial charge in [-0.1, -0.05) is 20.8 Å². The van der Waals surface area contributed by atoms with E-state index in [2.05, 4.69) is 52.0 Å². The zero-order chi connectivity index (χ0) is 11.7. The Morgan fingerprint density at radius 2 is 1.87 bits per heavy atom. The summed E-state index contributed by atoms with van der Waals surface area (Å²) in [7, 11) is 4.29. The van der Waals surface area contributed by atoms with Gasteiger partial charge in [0.25, 0.3) is 0 Å². The minimum absolute atomic E-state index is 0.364. The molecule has 15 heavy (non-hydrogen) atoms. The fraction of sp³-hybridized carbons (Fsp3) is 1.00. The van der Waals surface area contributed by atoms with Crippen LogP contribution in [0.3, 0.4) is 0 Å². The highest BCUT2D eigenvalue weighted by Crippen LogP contribution is 2.48. The molecule has 0 aliphatic heterocycles. The van der Waals surface area contributed by atoms with Crippen LogP contribution in [0.4, 0.5) is 0 Å². The van der Waals surface area contributed by atoms with Gasteiger partial charge in [0.2, 0.25) is 0 Å². The summed E-state index contributed by atoms with van der Waals surface area (Å²) in [5.41, 5.74) is 0.956. The van der Waals surface area contributed by atoms with Crippen LogP contribution in [0, 0.1) is 10.8 Å². The van der Waals surface area contributed by atoms with Crippen LogP contribution >= 0.6 is 0 Å². The molecule has 1 atom stereocenters. The first-order valence-electron chi connectivity index (χ1n) is 6.13. The summed E-state index contributed by atoms with van der Waals surface area (Å²) in [6.45, 7) is 11.7. The maximum atomic E-state index is 3.70. The second-order valence-corrected chi connectivity index (χ2v) is 6.66. The Bertz CT molecular complexity index is 205. The van der Waals surface area contributed by atoms with E-state index in [1.54, 1.807) is 0 Å². The average Bonchev–Trinajstić information content (AvgIpc) is 2.78. The third-order valence-corrected chi connectivity index (χ3v) is 3.72. The van der Waals surface area contributed by atoms with Crippen LogP contribution < -0.4 is 5.32 Å². The van der Waals surface area contributed by atoms with Gasteiger partial charge in [-0.05, 0) is 44.7 Å². The van der Waals surface area contributed by atoms with Crippen molar-refractivity contribution in [1.82, 2.24) is 10.2 Å². The predicted octanol–water partition coefficient (Wildman–Crippen LogP) is 2.35. The van der Waals surface area contributed by atoms with E-state index in [1.807, 2.05) is 0 Å². The molecule has 0 aromatic carbocycles. The molecule has 1 saturated carbocycles. The highest BCUT2D eigenvalue weighted by atomic mass is 15.1. The lowest BCUT2D eigenvalue weighted by atomic mass is 9.91. The fourth-order valence-electron chi connectivity index (χ4n) is 2.22. The van der Waals surface area contributed by atoms with Gasteiger partial charge in [-0.15, -0.1) is 0 Å². The highest BCUT2D eigenvalue weighted by molar-refractivity contribution is 4.97. The summed E-state index contributed by atoms with van der Waals surface area (Å²) in [5, 5.41) is 3.70. The summed E-state index contributed by atoms with van der Waals surface area (Å²) >= 11 is 0. The SMILES string of the molecule is CC(NCC(C)(C)CN(C)C)C1(C)CC1. The molecular formula is C13H28N2. The Morgan fingerprint density at radius 3 is 2.27 bits per heavy atom. The molecule has 0 aromatic rings. The lowest BCUT2D eigenvalue weighted by Crippen LogP contribution is -2.43. The Kier molecular flexibility index (Phi) is 3.83. The van der Waals surface area contributed by atoms with Crippen molar-refractivity contribution in [3.05, 3.63) is 0 Å². The average molecular weight is 212 g/mol. The number of hydrogen-bond donors (Lipinski definition) is 1. The summed E-state index contributed by atoms with van der Waals surface area (Å²) < 4.78 is 0. The van der Waals surface area contributed by atoms with Crippen LogP contribution in [0.5, 0.6) is 0 Å². The second kappa shape index (κ2) is 4.42. The van der Waals surface area contributed by atoms with Gasteiger partial charge in [0, 0.05) is 19.1 Å². The molecule has 90 valence electrons. The number of nitrogens with one attached hydrogen (secondary N) is 1. The largest absolute Gasteiger partial charge is 0.313 e. The molecule has 1 fully saturated rings. The van der Waals surface area contributed by atoms with E-state index in [1.165, 1.54) is 12.8 Å². The van der Waals surface area contributed by atoms with Gasteiger partial charge in [-0.3, -0.25) is 0 Å². The van der Waals surface area contributed by atoms with Crippen LogP contribution in [0.15, 0.2) is 0 Å². The highest BCUT2D eigenvalue weighted by Gasteiger charge is 2.42. The minimum Gasteiger partial charge on any atom is -0.313 e. The lowest BCUT2D eigenvalue weighted by Gasteiger charge is -2.31. The summed E-state index contributed by atoms with van der Waals surface area (Å²) in [6.07, 6.45) is 2.80. The second-order valence-electron chi connectivity index (χ2n) is 6.66. The van der Waals surface area contributed by atoms with E-state index < -0.39 is 0 Å². The maximum absolute atomic E-state index is 3.70. The van der Waals surface area contributed by atoms with Crippen LogP contribution in [0.2, 0.25) is 0 Å². The molecule has 0 heterocycles. The zero-order valence-corrected chi connectivity index (χ0v) is 11.4. The molecule has 2 nitrogen and oxygen atoms in total. The van der Waals surface area contributed by atoms with E-state index in [-0.39, 0.29) is 0 Å². The standard InChI is InChI=1S/C13H28N2/c1-11(13(4)7-8-13)14-9-12(2,3)10-15(5)6/h11,14H,7-10H2,1-6H3. The first-order valence-corrected chi connectivity index (χ1v) is 6.13. The molecule has 1 aliphatic carbocycles. The van der Waals surface area contributed by atoms with E-state index in [0.29, 0.717) is 16.9 Å². The molecule has 1 N–H and O–H groups in total. The maximum Gasteiger partial charge on any atom is 0.00927 e. The molecule has 0 spiro atoms. The van der Waals surface area contributed by atoms with Gasteiger partial charge in [0.1, 0.15) is 0 Å². The van der Waals surface area contributed by atoms with Crippen molar-refractivity contribution in [2.24, 2.45) is 10.8 Å². The smallest absolute Gasteiger partial charge is 0.00927 e. The first kappa shape index (κ1) is 13.0. The van der Waals surface area contributed by atoms with Crippen LogP contribution in [-0.4, -0.2) is 38.1 Å². The number of rotatable bonds is 6. The van der Waals surface area contributed by atoms with Gasteiger partial charge in [0.15, 0.2) is 0 Å². The van der Waals surface area contributed by atoms with Crippen molar-refractivity contribution in [3.8, 4) is 0 Å². The monoisotopic (exact) mass is 212 g/mol. The molecule has 1 rings (SSSR count). The third-order valence-electron chi connectivity index (χ3n) is 3.72. The molecule has 0 bridgehead atoms. The zero-order valence-electron chi connectivity index (χ0n) is 11.4. The van der Waals surface area contributed by atoms with Crippen LogP contribution in [-0.2, 0) is 0 Å². The lowest BCUT2D eigenvalue weighted by molar-refractivity contribution is 0.216. The normalized spacial score (nSPS) is 21.8. The summed E-state index contributed by atoms with van der Waals surface area (Å²) in [4.78, 5) is 2.27. The van der Waals surface area contributed by atoms with E-state index in [0.717, 1.165) is 13.1 Å². The van der Waals surface area contributed by atoms with E-state index in [4.69, 9.17) is 0 Å². The van der Waals surface area contributed by atoms with E-state index in [9.17, 15) is 0 Å². The first-order chi connectivity index (χ1) is 6.75.